The third-order valence-electron chi connectivity index (χ3n) is 7.17. The van der Waals surface area contributed by atoms with Gasteiger partial charge in [0, 0.05) is 31.9 Å². The molecular weight excluding hydrogens is 572 g/mol. The van der Waals surface area contributed by atoms with Gasteiger partial charge in [-0.1, -0.05) is 0 Å². The zero-order chi connectivity index (χ0) is 25.0. The molecule has 188 valence electrons. The summed E-state index contributed by atoms with van der Waals surface area (Å²) < 4.78 is 28.3. The lowest BCUT2D eigenvalue weighted by molar-refractivity contribution is 0.0657. The van der Waals surface area contributed by atoms with Crippen LogP contribution in [0.3, 0.4) is 0 Å². The van der Waals surface area contributed by atoms with Crippen molar-refractivity contribution in [2.24, 2.45) is 5.92 Å². The fourth-order valence-electron chi connectivity index (χ4n) is 5.52. The van der Waals surface area contributed by atoms with E-state index in [1.165, 1.54) is 13.3 Å². The van der Waals surface area contributed by atoms with Gasteiger partial charge in [0.15, 0.2) is 15.7 Å². The number of pyridine rings is 1. The highest BCUT2D eigenvalue weighted by atomic mass is 127. The van der Waals surface area contributed by atoms with E-state index in [1.807, 2.05) is 27.5 Å². The zero-order valence-electron chi connectivity index (χ0n) is 19.5. The fourth-order valence-corrected chi connectivity index (χ4v) is 5.74. The van der Waals surface area contributed by atoms with E-state index in [0.717, 1.165) is 31.7 Å². The summed E-state index contributed by atoms with van der Waals surface area (Å²) >= 11 is 2.04. The molecule has 1 saturated carbocycles. The number of halogens is 2. The van der Waals surface area contributed by atoms with Gasteiger partial charge >= 0.3 is 12.1 Å². The lowest BCUT2D eigenvalue weighted by Gasteiger charge is -2.36. The summed E-state index contributed by atoms with van der Waals surface area (Å²) in [6, 6.07) is 1.04. The molecule has 1 aliphatic carbocycles. The van der Waals surface area contributed by atoms with Crippen LogP contribution >= 0.6 is 22.6 Å². The van der Waals surface area contributed by atoms with Crippen LogP contribution in [-0.4, -0.2) is 63.5 Å². The van der Waals surface area contributed by atoms with E-state index < -0.39 is 17.2 Å². The van der Waals surface area contributed by atoms with Crippen molar-refractivity contribution in [1.82, 2.24) is 9.47 Å². The number of aromatic nitrogens is 1. The lowest BCUT2D eigenvalue weighted by Crippen LogP contribution is -2.49. The Bertz CT molecular complexity index is 1260. The highest BCUT2D eigenvalue weighted by molar-refractivity contribution is 14.1. The zero-order valence-corrected chi connectivity index (χ0v) is 21.7. The number of amides is 1. The maximum Gasteiger partial charge on any atom is 0.411 e. The molecule has 2 aromatic rings. The maximum atomic E-state index is 15.7. The summed E-state index contributed by atoms with van der Waals surface area (Å²) in [5.41, 5.74) is -0.470. The van der Waals surface area contributed by atoms with Crippen LogP contribution in [0, 0.1) is 11.7 Å². The quantitative estimate of drug-likeness (QED) is 0.410. The third kappa shape index (κ3) is 4.21. The number of carbonyl (C=O) groups excluding carboxylic acids is 1. The molecule has 0 spiro atoms. The first-order valence-electron chi connectivity index (χ1n) is 11.8. The number of anilines is 1. The number of methoxy groups -OCH3 is 1. The van der Waals surface area contributed by atoms with Gasteiger partial charge in [-0.3, -0.25) is 4.79 Å². The number of hydrogen-bond donors (Lipinski definition) is 1. The standard InChI is InChI=1S/C24H27FIN3O6/c1-12(26)35-24(33)28-7-3-4-13-9-27(11-18(13)28)20-17(25)8-15-19(22(20)34-2)29(14-5-6-14)10-16(21(15)30)23(31)32/h8,10,12-14,18H,3-7,9,11H2,1-2H3,(H,31,32)/t12?,13-,18+/m0/s1. The molecule has 0 radical (unpaired) electrons. The topological polar surface area (TPSA) is 101 Å². The number of carboxylic acids is 1. The minimum atomic E-state index is -1.34. The number of alkyl halides is 1. The van der Waals surface area contributed by atoms with E-state index in [9.17, 15) is 19.5 Å². The number of aromatic carboxylic acids is 1. The Morgan fingerprint density at radius 2 is 2.00 bits per heavy atom. The maximum absolute atomic E-state index is 15.7. The number of ether oxygens (including phenoxy) is 2. The van der Waals surface area contributed by atoms with Crippen LogP contribution in [0.4, 0.5) is 14.9 Å². The molecule has 1 N–H and O–H groups in total. The molecule has 2 aliphatic heterocycles. The minimum Gasteiger partial charge on any atom is -0.492 e. The van der Waals surface area contributed by atoms with Crippen LogP contribution in [0.15, 0.2) is 17.1 Å². The Hall–Kier alpha value is -2.57. The van der Waals surface area contributed by atoms with Crippen LogP contribution in [0.1, 0.15) is 49.0 Å². The molecule has 1 amide bonds. The van der Waals surface area contributed by atoms with Gasteiger partial charge in [-0.15, -0.1) is 0 Å². The van der Waals surface area contributed by atoms with Gasteiger partial charge in [-0.2, -0.15) is 0 Å². The van der Waals surface area contributed by atoms with Crippen LogP contribution in [0.2, 0.25) is 0 Å². The minimum absolute atomic E-state index is 0.00671. The predicted octanol–water partition coefficient (Wildman–Crippen LogP) is 4.00. The Balaban J connectivity index is 1.60. The van der Waals surface area contributed by atoms with Crippen LogP contribution in [-0.2, 0) is 4.74 Å². The molecule has 9 nitrogen and oxygen atoms in total. The van der Waals surface area contributed by atoms with Crippen molar-refractivity contribution < 1.29 is 28.6 Å². The molecule has 5 rings (SSSR count). The average molecular weight is 599 g/mol. The number of rotatable bonds is 5. The van der Waals surface area contributed by atoms with Crippen molar-refractivity contribution in [2.75, 3.05) is 31.6 Å². The van der Waals surface area contributed by atoms with Gasteiger partial charge in [0.2, 0.25) is 5.43 Å². The molecule has 3 aliphatic rings. The van der Waals surface area contributed by atoms with E-state index in [4.69, 9.17) is 9.47 Å². The van der Waals surface area contributed by atoms with E-state index >= 15 is 4.39 Å². The number of fused-ring (bicyclic) bond motifs is 2. The monoisotopic (exact) mass is 599 g/mol. The van der Waals surface area contributed by atoms with E-state index in [0.29, 0.717) is 25.2 Å². The van der Waals surface area contributed by atoms with E-state index in [-0.39, 0.29) is 50.6 Å². The number of benzene rings is 1. The Morgan fingerprint density at radius 3 is 2.63 bits per heavy atom. The van der Waals surface area contributed by atoms with Crippen LogP contribution in [0.5, 0.6) is 5.75 Å². The van der Waals surface area contributed by atoms with Crippen LogP contribution in [0.25, 0.3) is 10.9 Å². The lowest BCUT2D eigenvalue weighted by atomic mass is 9.92. The molecule has 2 saturated heterocycles. The van der Waals surface area contributed by atoms with Crippen molar-refractivity contribution in [3.63, 3.8) is 0 Å². The number of piperidine rings is 1. The van der Waals surface area contributed by atoms with Crippen molar-refractivity contribution in [1.29, 1.82) is 0 Å². The predicted molar refractivity (Wildman–Crippen MR) is 135 cm³/mol. The van der Waals surface area contributed by atoms with Gasteiger partial charge in [-0.05, 0) is 67.2 Å². The fraction of sp³-hybridized carbons (Fsp3) is 0.542. The Kier molecular flexibility index (Phi) is 6.30. The number of carbonyl (C=O) groups is 2. The normalized spacial score (nSPS) is 22.7. The van der Waals surface area contributed by atoms with Crippen molar-refractivity contribution in [3.05, 3.63) is 33.9 Å². The van der Waals surface area contributed by atoms with E-state index in [2.05, 4.69) is 0 Å². The number of carboxylic acid groups (broad SMARTS) is 1. The molecule has 3 atom stereocenters. The first-order chi connectivity index (χ1) is 16.7. The van der Waals surface area contributed by atoms with E-state index in [1.54, 1.807) is 16.4 Å². The highest BCUT2D eigenvalue weighted by Crippen LogP contribution is 2.45. The first-order valence-corrected chi connectivity index (χ1v) is 13.0. The first kappa shape index (κ1) is 24.1. The number of nitrogens with zero attached hydrogens (tertiary/aromatic N) is 3. The molecule has 3 fully saturated rings. The second-order valence-electron chi connectivity index (χ2n) is 9.45. The third-order valence-corrected chi connectivity index (χ3v) is 7.42. The van der Waals surface area contributed by atoms with Gasteiger partial charge in [-0.25, -0.2) is 14.0 Å². The van der Waals surface area contributed by atoms with Crippen molar-refractivity contribution in [2.45, 2.75) is 48.8 Å². The Morgan fingerprint density at radius 1 is 1.26 bits per heavy atom. The summed E-state index contributed by atoms with van der Waals surface area (Å²) in [6.45, 7) is 3.34. The van der Waals surface area contributed by atoms with Gasteiger partial charge in [0.05, 0.1) is 24.1 Å². The van der Waals surface area contributed by atoms with Crippen molar-refractivity contribution in [3.8, 4) is 5.75 Å². The second kappa shape index (κ2) is 9.14. The molecule has 1 unspecified atom stereocenters. The largest absolute Gasteiger partial charge is 0.492 e. The smallest absolute Gasteiger partial charge is 0.411 e. The molecular formula is C24H27FIN3O6. The molecule has 0 bridgehead atoms. The molecule has 11 heteroatoms. The number of hydrogen-bond acceptors (Lipinski definition) is 6. The summed E-state index contributed by atoms with van der Waals surface area (Å²) in [4.78, 5) is 41.0. The summed E-state index contributed by atoms with van der Waals surface area (Å²) in [6.07, 6.45) is 4.42. The molecule has 1 aromatic heterocycles. The van der Waals surface area contributed by atoms with Gasteiger partial charge in [0.1, 0.15) is 11.3 Å². The Labute approximate surface area is 214 Å². The SMILES string of the molecule is COc1c(N2C[C@@H]3CCCN(C(=O)OC(C)I)[C@@H]3C2)c(F)cc2c(=O)c(C(=O)O)cn(C3CC3)c12. The average Bonchev–Trinajstić information content (AvgIpc) is 3.55. The summed E-state index contributed by atoms with van der Waals surface area (Å²) in [7, 11) is 1.43. The number of likely N-dealkylation sites (tertiary alicyclic amines) is 1. The van der Waals surface area contributed by atoms with Gasteiger partial charge < -0.3 is 28.9 Å². The molecule has 1 aromatic carbocycles. The van der Waals surface area contributed by atoms with Gasteiger partial charge in [0.25, 0.3) is 0 Å². The summed E-state index contributed by atoms with van der Waals surface area (Å²) in [5.74, 6) is -1.62. The summed E-state index contributed by atoms with van der Waals surface area (Å²) in [5, 5.41) is 9.52. The highest BCUT2D eigenvalue weighted by Gasteiger charge is 2.43. The molecule has 35 heavy (non-hydrogen) atoms. The second-order valence-corrected chi connectivity index (χ2v) is 11.2. The van der Waals surface area contributed by atoms with Crippen molar-refractivity contribution >= 4 is 51.2 Å². The van der Waals surface area contributed by atoms with Crippen LogP contribution < -0.4 is 15.1 Å². The molecule has 3 heterocycles.